The SMILES string of the molecule is Cn1ccc(Nc2ncc(Cl)c(Oc3ccccc3)n2)n1. The maximum atomic E-state index is 6.06. The Balaban J connectivity index is 1.82. The summed E-state index contributed by atoms with van der Waals surface area (Å²) in [7, 11) is 1.83. The van der Waals surface area contributed by atoms with Crippen LogP contribution in [0.3, 0.4) is 0 Å². The molecule has 3 aromatic rings. The number of para-hydroxylation sites is 1. The van der Waals surface area contributed by atoms with E-state index in [0.717, 1.165) is 0 Å². The van der Waals surface area contributed by atoms with Crippen LogP contribution in [0.25, 0.3) is 0 Å². The Bertz CT molecular complexity index is 744. The van der Waals surface area contributed by atoms with Gasteiger partial charge in [-0.05, 0) is 12.1 Å². The monoisotopic (exact) mass is 301 g/mol. The van der Waals surface area contributed by atoms with Crippen LogP contribution in [0.4, 0.5) is 11.8 Å². The van der Waals surface area contributed by atoms with Gasteiger partial charge in [0.15, 0.2) is 5.82 Å². The zero-order valence-electron chi connectivity index (χ0n) is 11.2. The van der Waals surface area contributed by atoms with Gasteiger partial charge in [0.2, 0.25) is 11.8 Å². The molecule has 2 heterocycles. The van der Waals surface area contributed by atoms with Crippen LogP contribution in [0.2, 0.25) is 5.02 Å². The second-order valence-corrected chi connectivity index (χ2v) is 4.67. The number of hydrogen-bond acceptors (Lipinski definition) is 5. The molecule has 0 aliphatic rings. The van der Waals surface area contributed by atoms with Crippen molar-refractivity contribution in [2.45, 2.75) is 0 Å². The number of nitrogens with zero attached hydrogens (tertiary/aromatic N) is 4. The van der Waals surface area contributed by atoms with Crippen molar-refractivity contribution in [1.29, 1.82) is 0 Å². The van der Waals surface area contributed by atoms with E-state index < -0.39 is 0 Å². The molecule has 0 bridgehead atoms. The lowest BCUT2D eigenvalue weighted by Gasteiger charge is -2.08. The molecule has 0 saturated heterocycles. The summed E-state index contributed by atoms with van der Waals surface area (Å²) in [6, 6.07) is 11.1. The highest BCUT2D eigenvalue weighted by Gasteiger charge is 2.09. The van der Waals surface area contributed by atoms with Crippen LogP contribution in [-0.2, 0) is 7.05 Å². The van der Waals surface area contributed by atoms with Crippen molar-refractivity contribution in [2.75, 3.05) is 5.32 Å². The lowest BCUT2D eigenvalue weighted by Crippen LogP contribution is -2.00. The molecule has 21 heavy (non-hydrogen) atoms. The number of anilines is 2. The summed E-state index contributed by atoms with van der Waals surface area (Å²) in [6.07, 6.45) is 3.30. The molecule has 0 radical (unpaired) electrons. The van der Waals surface area contributed by atoms with E-state index in [1.165, 1.54) is 6.20 Å². The molecule has 0 saturated carbocycles. The van der Waals surface area contributed by atoms with Gasteiger partial charge in [-0.2, -0.15) is 10.1 Å². The first-order chi connectivity index (χ1) is 10.2. The van der Waals surface area contributed by atoms with E-state index in [1.54, 1.807) is 4.68 Å². The third-order valence-corrected chi connectivity index (χ3v) is 2.88. The highest BCUT2D eigenvalue weighted by atomic mass is 35.5. The zero-order valence-corrected chi connectivity index (χ0v) is 11.9. The molecule has 0 aliphatic carbocycles. The van der Waals surface area contributed by atoms with Crippen LogP contribution in [0.15, 0.2) is 48.8 Å². The molecule has 0 aliphatic heterocycles. The number of ether oxygens (including phenoxy) is 1. The summed E-state index contributed by atoms with van der Waals surface area (Å²) < 4.78 is 7.32. The Labute approximate surface area is 126 Å². The van der Waals surface area contributed by atoms with Crippen molar-refractivity contribution in [3.05, 3.63) is 53.8 Å². The van der Waals surface area contributed by atoms with Crippen LogP contribution in [0.5, 0.6) is 11.6 Å². The van der Waals surface area contributed by atoms with Gasteiger partial charge in [0.1, 0.15) is 10.8 Å². The fourth-order valence-corrected chi connectivity index (χ4v) is 1.81. The van der Waals surface area contributed by atoms with Crippen LogP contribution in [0.1, 0.15) is 0 Å². The third kappa shape index (κ3) is 3.29. The van der Waals surface area contributed by atoms with Gasteiger partial charge in [-0.3, -0.25) is 4.68 Å². The fourth-order valence-electron chi connectivity index (χ4n) is 1.68. The number of nitrogens with one attached hydrogen (secondary N) is 1. The van der Waals surface area contributed by atoms with E-state index in [2.05, 4.69) is 20.4 Å². The number of rotatable bonds is 4. The van der Waals surface area contributed by atoms with Gasteiger partial charge >= 0.3 is 0 Å². The first-order valence-corrected chi connectivity index (χ1v) is 6.60. The normalized spacial score (nSPS) is 10.4. The predicted octanol–water partition coefficient (Wildman–Crippen LogP) is 3.40. The maximum absolute atomic E-state index is 6.06. The topological polar surface area (TPSA) is 64.9 Å². The number of hydrogen-bond donors (Lipinski definition) is 1. The summed E-state index contributed by atoms with van der Waals surface area (Å²) in [5, 5.41) is 7.52. The van der Waals surface area contributed by atoms with Gasteiger partial charge in [-0.25, -0.2) is 4.98 Å². The van der Waals surface area contributed by atoms with Crippen molar-refractivity contribution < 1.29 is 4.74 Å². The maximum Gasteiger partial charge on any atom is 0.243 e. The average molecular weight is 302 g/mol. The number of benzene rings is 1. The Morgan fingerprint density at radius 1 is 1.19 bits per heavy atom. The molecule has 0 atom stereocenters. The van der Waals surface area contributed by atoms with Crippen molar-refractivity contribution in [3.8, 4) is 11.6 Å². The smallest absolute Gasteiger partial charge is 0.243 e. The van der Waals surface area contributed by atoms with E-state index in [-0.39, 0.29) is 5.88 Å². The Morgan fingerprint density at radius 3 is 2.71 bits per heavy atom. The number of aryl methyl sites for hydroxylation is 1. The summed E-state index contributed by atoms with van der Waals surface area (Å²) in [5.41, 5.74) is 0. The predicted molar refractivity (Wildman–Crippen MR) is 80.0 cm³/mol. The molecule has 2 aromatic heterocycles. The van der Waals surface area contributed by atoms with Gasteiger partial charge in [0.05, 0.1) is 6.20 Å². The molecule has 3 rings (SSSR count). The second kappa shape index (κ2) is 5.80. The molecular weight excluding hydrogens is 290 g/mol. The summed E-state index contributed by atoms with van der Waals surface area (Å²) >= 11 is 6.06. The highest BCUT2D eigenvalue weighted by molar-refractivity contribution is 6.31. The van der Waals surface area contributed by atoms with Gasteiger partial charge in [-0.15, -0.1) is 0 Å². The molecule has 1 N–H and O–H groups in total. The van der Waals surface area contributed by atoms with Crippen LogP contribution < -0.4 is 10.1 Å². The number of halogens is 1. The second-order valence-electron chi connectivity index (χ2n) is 4.26. The fraction of sp³-hybridized carbons (Fsp3) is 0.0714. The lowest BCUT2D eigenvalue weighted by molar-refractivity contribution is 0.463. The van der Waals surface area contributed by atoms with Crippen LogP contribution in [0, 0.1) is 0 Å². The van der Waals surface area contributed by atoms with Crippen molar-refractivity contribution in [3.63, 3.8) is 0 Å². The van der Waals surface area contributed by atoms with Gasteiger partial charge in [0.25, 0.3) is 0 Å². The van der Waals surface area contributed by atoms with Gasteiger partial charge in [-0.1, -0.05) is 29.8 Å². The third-order valence-electron chi connectivity index (χ3n) is 2.62. The van der Waals surface area contributed by atoms with Crippen molar-refractivity contribution >= 4 is 23.4 Å². The molecule has 106 valence electrons. The first kappa shape index (κ1) is 13.4. The first-order valence-electron chi connectivity index (χ1n) is 6.23. The molecule has 0 unspecified atom stereocenters. The van der Waals surface area contributed by atoms with E-state index >= 15 is 0 Å². The summed E-state index contributed by atoms with van der Waals surface area (Å²) in [6.45, 7) is 0. The van der Waals surface area contributed by atoms with Gasteiger partial charge < -0.3 is 10.1 Å². The largest absolute Gasteiger partial charge is 0.437 e. The molecule has 7 heteroatoms. The molecule has 0 fully saturated rings. The Kier molecular flexibility index (Phi) is 3.70. The Morgan fingerprint density at radius 2 is 2.00 bits per heavy atom. The molecule has 6 nitrogen and oxygen atoms in total. The van der Waals surface area contributed by atoms with Crippen molar-refractivity contribution in [2.24, 2.45) is 7.05 Å². The zero-order chi connectivity index (χ0) is 14.7. The minimum Gasteiger partial charge on any atom is -0.437 e. The lowest BCUT2D eigenvalue weighted by atomic mass is 10.3. The van der Waals surface area contributed by atoms with E-state index in [9.17, 15) is 0 Å². The molecule has 0 amide bonds. The minimum absolute atomic E-state index is 0.288. The minimum atomic E-state index is 0.288. The average Bonchev–Trinajstić information content (AvgIpc) is 2.89. The van der Waals surface area contributed by atoms with Gasteiger partial charge in [0, 0.05) is 19.3 Å². The highest BCUT2D eigenvalue weighted by Crippen LogP contribution is 2.27. The van der Waals surface area contributed by atoms with Crippen molar-refractivity contribution in [1.82, 2.24) is 19.7 Å². The summed E-state index contributed by atoms with van der Waals surface area (Å²) in [5.74, 6) is 1.95. The molecule has 1 aromatic carbocycles. The standard InChI is InChI=1S/C14H12ClN5O/c1-20-8-7-12(19-20)17-14-16-9-11(15)13(18-14)21-10-5-3-2-4-6-10/h2-9H,1H3,(H,16,17,18,19). The van der Waals surface area contributed by atoms with E-state index in [0.29, 0.717) is 22.5 Å². The molecular formula is C14H12ClN5O. The van der Waals surface area contributed by atoms with Crippen LogP contribution >= 0.6 is 11.6 Å². The number of aromatic nitrogens is 4. The molecule has 0 spiro atoms. The van der Waals surface area contributed by atoms with Crippen LogP contribution in [-0.4, -0.2) is 19.7 Å². The quantitative estimate of drug-likeness (QED) is 0.800. The summed E-state index contributed by atoms with van der Waals surface area (Å²) in [4.78, 5) is 8.35. The van der Waals surface area contributed by atoms with E-state index in [1.807, 2.05) is 49.6 Å². The Hall–Kier alpha value is -2.60. The van der Waals surface area contributed by atoms with E-state index in [4.69, 9.17) is 16.3 Å².